The van der Waals surface area contributed by atoms with Crippen LogP contribution in [0.15, 0.2) is 33.9 Å². The molecule has 2 aromatic heterocycles. The van der Waals surface area contributed by atoms with Gasteiger partial charge in [-0.3, -0.25) is 14.3 Å². The van der Waals surface area contributed by atoms with E-state index in [-0.39, 0.29) is 17.5 Å². The molecule has 0 saturated carbocycles. The van der Waals surface area contributed by atoms with Gasteiger partial charge < -0.3 is 15.0 Å². The van der Waals surface area contributed by atoms with Crippen LogP contribution in [0.3, 0.4) is 0 Å². The van der Waals surface area contributed by atoms with E-state index >= 15 is 0 Å². The summed E-state index contributed by atoms with van der Waals surface area (Å²) in [5.41, 5.74) is 2.26. The van der Waals surface area contributed by atoms with E-state index in [1.165, 1.54) is 17.5 Å². The zero-order valence-corrected chi connectivity index (χ0v) is 14.2. The van der Waals surface area contributed by atoms with Gasteiger partial charge in [0.15, 0.2) is 6.04 Å². The normalized spacial score (nSPS) is 19.9. The highest BCUT2D eigenvalue weighted by atomic mass is 16.3. The van der Waals surface area contributed by atoms with Crippen molar-refractivity contribution in [1.29, 1.82) is 0 Å². The number of benzene rings is 1. The third-order valence-corrected chi connectivity index (χ3v) is 5.31. The van der Waals surface area contributed by atoms with Gasteiger partial charge in [0.1, 0.15) is 5.56 Å². The second-order valence-electron chi connectivity index (χ2n) is 6.56. The van der Waals surface area contributed by atoms with Gasteiger partial charge in [-0.05, 0) is 18.6 Å². The van der Waals surface area contributed by atoms with Crippen molar-refractivity contribution in [3.8, 4) is 5.88 Å². The molecule has 2 atom stereocenters. The van der Waals surface area contributed by atoms with Crippen molar-refractivity contribution in [1.82, 2.24) is 14.5 Å². The van der Waals surface area contributed by atoms with E-state index in [0.29, 0.717) is 0 Å². The van der Waals surface area contributed by atoms with Crippen LogP contribution in [0.4, 0.5) is 0 Å². The molecule has 7 heteroatoms. The second kappa shape index (κ2) is 5.63. The molecular formula is C18H21N4O3+. The summed E-state index contributed by atoms with van der Waals surface area (Å²) >= 11 is 0. The van der Waals surface area contributed by atoms with E-state index in [0.717, 1.165) is 40.7 Å². The van der Waals surface area contributed by atoms with Gasteiger partial charge in [-0.15, -0.1) is 0 Å². The molecule has 7 nitrogen and oxygen atoms in total. The van der Waals surface area contributed by atoms with E-state index in [4.69, 9.17) is 0 Å². The summed E-state index contributed by atoms with van der Waals surface area (Å²) in [7, 11) is 1.46. The first-order valence-electron chi connectivity index (χ1n) is 8.49. The minimum absolute atomic E-state index is 0.242. The van der Waals surface area contributed by atoms with Crippen molar-refractivity contribution >= 4 is 10.9 Å². The molecule has 4 N–H and O–H groups in total. The molecule has 3 heterocycles. The molecule has 3 aromatic rings. The quantitative estimate of drug-likeness (QED) is 0.520. The van der Waals surface area contributed by atoms with Crippen LogP contribution >= 0.6 is 0 Å². The average molecular weight is 341 g/mol. The summed E-state index contributed by atoms with van der Waals surface area (Å²) in [6.45, 7) is 3.72. The number of H-pyrrole nitrogens is 2. The maximum absolute atomic E-state index is 12.5. The largest absolute Gasteiger partial charge is 0.494 e. The number of para-hydroxylation sites is 1. The molecule has 1 aliphatic rings. The van der Waals surface area contributed by atoms with Gasteiger partial charge in [-0.25, -0.2) is 4.79 Å². The maximum Gasteiger partial charge on any atom is 0.330 e. The number of rotatable bonds is 2. The highest BCUT2D eigenvalue weighted by molar-refractivity contribution is 5.85. The number of hydrogen-bond donors (Lipinski definition) is 4. The minimum Gasteiger partial charge on any atom is -0.494 e. The van der Waals surface area contributed by atoms with Crippen molar-refractivity contribution in [2.45, 2.75) is 19.4 Å². The number of hydrogen-bond acceptors (Lipinski definition) is 3. The summed E-state index contributed by atoms with van der Waals surface area (Å²) in [6.07, 6.45) is 0.906. The maximum atomic E-state index is 12.5. The number of quaternary nitrogens is 1. The number of likely N-dealkylation sites (N-methyl/N-ethyl adjacent to an activating group) is 1. The van der Waals surface area contributed by atoms with Crippen LogP contribution in [0.25, 0.3) is 10.9 Å². The van der Waals surface area contributed by atoms with Crippen molar-refractivity contribution in [2.75, 3.05) is 13.1 Å². The molecule has 1 unspecified atom stereocenters. The Morgan fingerprint density at radius 1 is 1.28 bits per heavy atom. The second-order valence-corrected chi connectivity index (χ2v) is 6.56. The van der Waals surface area contributed by atoms with Crippen LogP contribution in [0.1, 0.15) is 29.8 Å². The predicted octanol–water partition coefficient (Wildman–Crippen LogP) is -0.189. The summed E-state index contributed by atoms with van der Waals surface area (Å²) in [5.74, 6) is -0.267. The Morgan fingerprint density at radius 2 is 2.04 bits per heavy atom. The van der Waals surface area contributed by atoms with Crippen molar-refractivity contribution < 1.29 is 10.0 Å². The fourth-order valence-electron chi connectivity index (χ4n) is 3.99. The third-order valence-electron chi connectivity index (χ3n) is 5.31. The van der Waals surface area contributed by atoms with E-state index in [2.05, 4.69) is 23.0 Å². The van der Waals surface area contributed by atoms with Gasteiger partial charge >= 0.3 is 5.69 Å². The molecule has 0 spiro atoms. The molecule has 0 fully saturated rings. The lowest BCUT2D eigenvalue weighted by molar-refractivity contribution is -0.926. The molecular weight excluding hydrogens is 320 g/mol. The lowest BCUT2D eigenvalue weighted by Crippen LogP contribution is -3.13. The molecule has 0 aliphatic carbocycles. The van der Waals surface area contributed by atoms with Crippen molar-refractivity contribution in [2.24, 2.45) is 7.05 Å². The lowest BCUT2D eigenvalue weighted by Gasteiger charge is -2.32. The molecule has 1 aromatic carbocycles. The highest BCUT2D eigenvalue weighted by Crippen LogP contribution is 2.32. The Balaban J connectivity index is 2.03. The van der Waals surface area contributed by atoms with E-state index in [9.17, 15) is 14.7 Å². The monoisotopic (exact) mass is 341 g/mol. The smallest absolute Gasteiger partial charge is 0.330 e. The average Bonchev–Trinajstić information content (AvgIpc) is 2.99. The predicted molar refractivity (Wildman–Crippen MR) is 94.2 cm³/mol. The number of nitrogens with one attached hydrogen (secondary N) is 3. The molecule has 0 radical (unpaired) electrons. The number of nitrogens with zero attached hydrogens (tertiary/aromatic N) is 1. The summed E-state index contributed by atoms with van der Waals surface area (Å²) in [6, 6.07) is 7.73. The van der Waals surface area contributed by atoms with Crippen LogP contribution < -0.4 is 16.1 Å². The van der Waals surface area contributed by atoms with Crippen molar-refractivity contribution in [3.63, 3.8) is 0 Å². The van der Waals surface area contributed by atoms with Gasteiger partial charge in [0.25, 0.3) is 5.56 Å². The Labute approximate surface area is 143 Å². The third kappa shape index (κ3) is 2.23. The number of aromatic amines is 2. The Bertz CT molecular complexity index is 1080. The topological polar surface area (TPSA) is 95.3 Å². The highest BCUT2D eigenvalue weighted by Gasteiger charge is 2.38. The SMILES string of the molecule is CC[NH+]1CCc2c([nH]c3ccccc23)[C@H]1c1c(O)n(C)c(=O)[nH]c1=O. The van der Waals surface area contributed by atoms with Gasteiger partial charge in [-0.1, -0.05) is 18.2 Å². The van der Waals surface area contributed by atoms with Crippen LogP contribution in [0, 0.1) is 0 Å². The molecule has 0 amide bonds. The van der Waals surface area contributed by atoms with E-state index in [1.807, 2.05) is 18.2 Å². The Hall–Kier alpha value is -2.80. The molecule has 0 saturated heterocycles. The molecule has 25 heavy (non-hydrogen) atoms. The summed E-state index contributed by atoms with van der Waals surface area (Å²) in [5, 5.41) is 11.7. The van der Waals surface area contributed by atoms with Gasteiger partial charge in [0.2, 0.25) is 5.88 Å². The zero-order valence-electron chi connectivity index (χ0n) is 14.2. The number of aromatic hydroxyl groups is 1. The summed E-state index contributed by atoms with van der Waals surface area (Å²) in [4.78, 5) is 31.3. The molecule has 0 bridgehead atoms. The number of fused-ring (bicyclic) bond motifs is 3. The lowest BCUT2D eigenvalue weighted by atomic mass is 9.93. The number of aromatic nitrogens is 3. The van der Waals surface area contributed by atoms with Crippen LogP contribution in [0.5, 0.6) is 5.88 Å². The van der Waals surface area contributed by atoms with Crippen LogP contribution in [-0.4, -0.2) is 32.7 Å². The minimum atomic E-state index is -0.614. The fourth-order valence-corrected chi connectivity index (χ4v) is 3.99. The fraction of sp³-hybridized carbons (Fsp3) is 0.333. The summed E-state index contributed by atoms with van der Waals surface area (Å²) < 4.78 is 1.08. The van der Waals surface area contributed by atoms with Crippen LogP contribution in [0.2, 0.25) is 0 Å². The molecule has 1 aliphatic heterocycles. The Kier molecular flexibility index (Phi) is 3.54. The van der Waals surface area contributed by atoms with E-state index < -0.39 is 11.2 Å². The first-order chi connectivity index (χ1) is 12.0. The molecule has 4 rings (SSSR count). The van der Waals surface area contributed by atoms with E-state index in [1.54, 1.807) is 0 Å². The van der Waals surface area contributed by atoms with Crippen LogP contribution in [-0.2, 0) is 13.5 Å². The van der Waals surface area contributed by atoms with Crippen molar-refractivity contribution in [3.05, 3.63) is 61.9 Å². The Morgan fingerprint density at radius 3 is 2.80 bits per heavy atom. The van der Waals surface area contributed by atoms with Gasteiger partial charge in [-0.2, -0.15) is 0 Å². The zero-order chi connectivity index (χ0) is 17.7. The van der Waals surface area contributed by atoms with Gasteiger partial charge in [0.05, 0.1) is 18.8 Å². The standard InChI is InChI=1S/C18H20N4O3/c1-3-22-9-8-11-10-6-4-5-7-12(10)19-14(11)15(22)13-16(23)20-18(25)21(2)17(13)24/h4-7,15,19,24H,3,8-9H2,1-2H3,(H,20,23,25)/p+1/t15-/m1/s1. The van der Waals surface area contributed by atoms with Gasteiger partial charge in [0, 0.05) is 24.4 Å². The first-order valence-corrected chi connectivity index (χ1v) is 8.49. The first kappa shape index (κ1) is 15.7. The molecule has 130 valence electrons.